The topological polar surface area (TPSA) is 17.1 Å². The average Bonchev–Trinajstić information content (AvgIpc) is 2.37. The van der Waals surface area contributed by atoms with E-state index >= 15 is 0 Å². The number of alkyl halides is 4. The van der Waals surface area contributed by atoms with Crippen LogP contribution >= 0.6 is 0 Å². The molecule has 1 nitrogen and oxygen atoms in total. The Morgan fingerprint density at radius 1 is 1.11 bits per heavy atom. The van der Waals surface area contributed by atoms with Crippen LogP contribution < -0.4 is 0 Å². The fraction of sp³-hybridized carbons (Fsp3) is 0.214. The molecule has 0 saturated heterocycles. The molecule has 0 spiro atoms. The fourth-order valence-electron chi connectivity index (χ4n) is 1.95. The van der Waals surface area contributed by atoms with Crippen molar-refractivity contribution in [3.63, 3.8) is 0 Å². The quantitative estimate of drug-likeness (QED) is 0.602. The van der Waals surface area contributed by atoms with E-state index in [4.69, 9.17) is 0 Å². The SMILES string of the molecule is Cc1ccc2ccccc2c1C(=O)C(F)(F)C(F)F. The van der Waals surface area contributed by atoms with Crippen LogP contribution in [0, 0.1) is 6.92 Å². The van der Waals surface area contributed by atoms with Gasteiger partial charge in [0, 0.05) is 5.56 Å². The first-order valence-corrected chi connectivity index (χ1v) is 5.55. The van der Waals surface area contributed by atoms with Crippen LogP contribution in [0.2, 0.25) is 0 Å². The lowest BCUT2D eigenvalue weighted by Gasteiger charge is -2.16. The highest BCUT2D eigenvalue weighted by Gasteiger charge is 2.49. The van der Waals surface area contributed by atoms with Gasteiger partial charge in [-0.15, -0.1) is 0 Å². The minimum Gasteiger partial charge on any atom is -0.287 e. The molecule has 0 aliphatic rings. The Bertz CT molecular complexity index is 634. The van der Waals surface area contributed by atoms with Gasteiger partial charge in [-0.05, 0) is 23.3 Å². The lowest BCUT2D eigenvalue weighted by atomic mass is 9.94. The van der Waals surface area contributed by atoms with E-state index in [-0.39, 0.29) is 16.5 Å². The first-order chi connectivity index (χ1) is 8.85. The highest BCUT2D eigenvalue weighted by molar-refractivity contribution is 6.12. The molecular formula is C14H10F4O. The molecule has 100 valence electrons. The van der Waals surface area contributed by atoms with Crippen molar-refractivity contribution in [2.75, 3.05) is 0 Å². The molecule has 2 aromatic carbocycles. The monoisotopic (exact) mass is 270 g/mol. The van der Waals surface area contributed by atoms with Crippen LogP contribution in [-0.4, -0.2) is 18.1 Å². The van der Waals surface area contributed by atoms with Crippen molar-refractivity contribution in [1.82, 2.24) is 0 Å². The van der Waals surface area contributed by atoms with Crippen molar-refractivity contribution in [2.45, 2.75) is 19.3 Å². The maximum atomic E-state index is 13.2. The summed E-state index contributed by atoms with van der Waals surface area (Å²) in [5.41, 5.74) is -0.0903. The third kappa shape index (κ3) is 2.20. The highest BCUT2D eigenvalue weighted by Crippen LogP contribution is 2.32. The Morgan fingerprint density at radius 2 is 1.74 bits per heavy atom. The number of carbonyl (C=O) groups excluding carboxylic acids is 1. The predicted octanol–water partition coefficient (Wildman–Crippen LogP) is 4.23. The number of fused-ring (bicyclic) bond motifs is 1. The molecule has 0 saturated carbocycles. The molecule has 0 aliphatic heterocycles. The van der Waals surface area contributed by atoms with Gasteiger partial charge in [-0.1, -0.05) is 36.4 Å². The van der Waals surface area contributed by atoms with Crippen LogP contribution in [-0.2, 0) is 0 Å². The standard InChI is InChI=1S/C14H10F4O/c1-8-6-7-9-4-2-3-5-10(9)11(8)12(19)14(17,18)13(15)16/h2-7,13H,1H3. The highest BCUT2D eigenvalue weighted by atomic mass is 19.3. The van der Waals surface area contributed by atoms with Crippen molar-refractivity contribution in [3.8, 4) is 0 Å². The lowest BCUT2D eigenvalue weighted by Crippen LogP contribution is -2.37. The third-order valence-electron chi connectivity index (χ3n) is 2.94. The zero-order valence-electron chi connectivity index (χ0n) is 9.96. The summed E-state index contributed by atoms with van der Waals surface area (Å²) < 4.78 is 51.1. The molecule has 2 rings (SSSR count). The Labute approximate surface area is 106 Å². The molecular weight excluding hydrogens is 260 g/mol. The van der Waals surface area contributed by atoms with E-state index < -0.39 is 18.1 Å². The molecule has 5 heteroatoms. The Kier molecular flexibility index (Phi) is 3.30. The lowest BCUT2D eigenvalue weighted by molar-refractivity contribution is -0.0957. The van der Waals surface area contributed by atoms with E-state index in [0.717, 1.165) is 0 Å². The number of hydrogen-bond donors (Lipinski definition) is 0. The van der Waals surface area contributed by atoms with Crippen molar-refractivity contribution in [3.05, 3.63) is 47.5 Å². The van der Waals surface area contributed by atoms with Gasteiger partial charge in [-0.25, -0.2) is 8.78 Å². The fourth-order valence-corrected chi connectivity index (χ4v) is 1.95. The smallest absolute Gasteiger partial charge is 0.287 e. The van der Waals surface area contributed by atoms with Crippen molar-refractivity contribution in [2.24, 2.45) is 0 Å². The number of halogens is 4. The second kappa shape index (κ2) is 4.64. The second-order valence-corrected chi connectivity index (χ2v) is 4.23. The summed E-state index contributed by atoms with van der Waals surface area (Å²) in [5, 5.41) is 0.814. The normalized spacial score (nSPS) is 12.1. The van der Waals surface area contributed by atoms with Gasteiger partial charge < -0.3 is 0 Å². The molecule has 0 aromatic heterocycles. The van der Waals surface area contributed by atoms with E-state index in [1.54, 1.807) is 24.3 Å². The van der Waals surface area contributed by atoms with Gasteiger partial charge in [0.25, 0.3) is 0 Å². The number of rotatable bonds is 3. The molecule has 19 heavy (non-hydrogen) atoms. The average molecular weight is 270 g/mol. The molecule has 0 unspecified atom stereocenters. The van der Waals surface area contributed by atoms with Crippen LogP contribution in [0.15, 0.2) is 36.4 Å². The third-order valence-corrected chi connectivity index (χ3v) is 2.94. The second-order valence-electron chi connectivity index (χ2n) is 4.23. The van der Waals surface area contributed by atoms with Crippen LogP contribution in [0.1, 0.15) is 15.9 Å². The minimum atomic E-state index is -4.67. The number of aryl methyl sites for hydroxylation is 1. The van der Waals surface area contributed by atoms with Gasteiger partial charge in [-0.3, -0.25) is 4.79 Å². The summed E-state index contributed by atoms with van der Waals surface area (Å²) in [6.07, 6.45) is -4.02. The molecule has 0 atom stereocenters. The minimum absolute atomic E-state index is 0.254. The van der Waals surface area contributed by atoms with Crippen LogP contribution in [0.4, 0.5) is 17.6 Å². The summed E-state index contributed by atoms with van der Waals surface area (Å²) in [7, 11) is 0. The largest absolute Gasteiger partial charge is 0.368 e. The number of hydrogen-bond acceptors (Lipinski definition) is 1. The van der Waals surface area contributed by atoms with Gasteiger partial charge in [0.2, 0.25) is 5.78 Å². The summed E-state index contributed by atoms with van der Waals surface area (Å²) >= 11 is 0. The van der Waals surface area contributed by atoms with Gasteiger partial charge >= 0.3 is 12.3 Å². The number of benzene rings is 2. The van der Waals surface area contributed by atoms with E-state index in [1.807, 2.05) is 0 Å². The summed E-state index contributed by atoms with van der Waals surface area (Å²) in [4.78, 5) is 11.7. The van der Waals surface area contributed by atoms with E-state index in [9.17, 15) is 22.4 Å². The molecule has 2 aromatic rings. The molecule has 0 N–H and O–H groups in total. The summed E-state index contributed by atoms with van der Waals surface area (Å²) in [5.74, 6) is -6.51. The Balaban J connectivity index is 2.69. The van der Waals surface area contributed by atoms with Gasteiger partial charge in [0.05, 0.1) is 0 Å². The van der Waals surface area contributed by atoms with Gasteiger partial charge in [0.1, 0.15) is 0 Å². The Morgan fingerprint density at radius 3 is 2.37 bits per heavy atom. The first kappa shape index (κ1) is 13.5. The molecule has 0 radical (unpaired) electrons. The zero-order valence-corrected chi connectivity index (χ0v) is 9.96. The molecule has 0 fully saturated rings. The number of ketones is 1. The maximum Gasteiger partial charge on any atom is 0.368 e. The molecule has 0 amide bonds. The van der Waals surface area contributed by atoms with Crippen molar-refractivity contribution >= 4 is 16.6 Å². The Hall–Kier alpha value is -1.91. The van der Waals surface area contributed by atoms with Crippen LogP contribution in [0.3, 0.4) is 0 Å². The van der Waals surface area contributed by atoms with E-state index in [2.05, 4.69) is 0 Å². The van der Waals surface area contributed by atoms with Crippen molar-refractivity contribution < 1.29 is 22.4 Å². The van der Waals surface area contributed by atoms with Crippen LogP contribution in [0.5, 0.6) is 0 Å². The first-order valence-electron chi connectivity index (χ1n) is 5.55. The maximum absolute atomic E-state index is 13.2. The summed E-state index contributed by atoms with van der Waals surface area (Å²) in [6, 6.07) is 9.47. The number of carbonyl (C=O) groups is 1. The van der Waals surface area contributed by atoms with Crippen molar-refractivity contribution in [1.29, 1.82) is 0 Å². The molecule has 0 aliphatic carbocycles. The van der Waals surface area contributed by atoms with E-state index in [1.165, 1.54) is 19.1 Å². The molecule has 0 bridgehead atoms. The van der Waals surface area contributed by atoms with Crippen LogP contribution in [0.25, 0.3) is 10.8 Å². The van der Waals surface area contributed by atoms with Gasteiger partial charge in [-0.2, -0.15) is 8.78 Å². The predicted molar refractivity (Wildman–Crippen MR) is 64.0 cm³/mol. The summed E-state index contributed by atoms with van der Waals surface area (Å²) in [6.45, 7) is 1.45. The zero-order chi connectivity index (χ0) is 14.2. The molecule has 0 heterocycles. The van der Waals surface area contributed by atoms with Gasteiger partial charge in [0.15, 0.2) is 0 Å². The number of Topliss-reactive ketones (excluding diaryl/α,β-unsaturated/α-hetero) is 1. The van der Waals surface area contributed by atoms with E-state index in [0.29, 0.717) is 5.39 Å².